The average Bonchev–Trinajstić information content (AvgIpc) is 2.79. The lowest BCUT2D eigenvalue weighted by molar-refractivity contribution is -0.130. The predicted molar refractivity (Wildman–Crippen MR) is 124 cm³/mol. The Labute approximate surface area is 182 Å². The molecule has 0 spiro atoms. The van der Waals surface area contributed by atoms with Gasteiger partial charge in [0, 0.05) is 59.3 Å². The first-order chi connectivity index (χ1) is 14.6. The van der Waals surface area contributed by atoms with Crippen LogP contribution in [-0.4, -0.2) is 85.5 Å². The van der Waals surface area contributed by atoms with Gasteiger partial charge in [-0.3, -0.25) is 14.7 Å². The first kappa shape index (κ1) is 22.6. The maximum absolute atomic E-state index is 11.5. The third-order valence-corrected chi connectivity index (χ3v) is 6.62. The summed E-state index contributed by atoms with van der Waals surface area (Å²) >= 11 is 0. The van der Waals surface area contributed by atoms with Crippen molar-refractivity contribution in [3.8, 4) is 0 Å². The number of carbonyl (C=O) groups excluding carboxylic acids is 1. The molecule has 1 N–H and O–H groups in total. The summed E-state index contributed by atoms with van der Waals surface area (Å²) in [5.41, 5.74) is 1.48. The number of piperidine rings is 1. The van der Waals surface area contributed by atoms with Gasteiger partial charge in [0.15, 0.2) is 5.96 Å². The summed E-state index contributed by atoms with van der Waals surface area (Å²) in [4.78, 5) is 23.3. The predicted octanol–water partition coefficient (Wildman–Crippen LogP) is 2.63. The summed E-state index contributed by atoms with van der Waals surface area (Å²) in [7, 11) is 0. The van der Waals surface area contributed by atoms with Crippen LogP contribution >= 0.6 is 0 Å². The SMILES string of the molecule is CCNC(=NCCN1CCN(C(C)=O)CC1)N1CCC(c2ccccc2)C(CC)C1. The van der Waals surface area contributed by atoms with Crippen LogP contribution in [0.5, 0.6) is 0 Å². The van der Waals surface area contributed by atoms with Gasteiger partial charge in [0.2, 0.25) is 5.91 Å². The molecule has 2 heterocycles. The number of guanidine groups is 1. The van der Waals surface area contributed by atoms with E-state index >= 15 is 0 Å². The van der Waals surface area contributed by atoms with Gasteiger partial charge in [0.25, 0.3) is 0 Å². The lowest BCUT2D eigenvalue weighted by Crippen LogP contribution is -2.49. The van der Waals surface area contributed by atoms with E-state index in [0.29, 0.717) is 11.8 Å². The Morgan fingerprint density at radius 2 is 1.80 bits per heavy atom. The summed E-state index contributed by atoms with van der Waals surface area (Å²) in [6.45, 7) is 14.5. The molecule has 6 nitrogen and oxygen atoms in total. The molecular formula is C24H39N5O. The number of carbonyl (C=O) groups is 1. The van der Waals surface area contributed by atoms with Crippen LogP contribution in [0.3, 0.4) is 0 Å². The summed E-state index contributed by atoms with van der Waals surface area (Å²) in [5.74, 6) is 2.55. The number of benzene rings is 1. The molecule has 1 aromatic carbocycles. The minimum atomic E-state index is 0.187. The van der Waals surface area contributed by atoms with Gasteiger partial charge in [-0.25, -0.2) is 0 Å². The summed E-state index contributed by atoms with van der Waals surface area (Å²) in [6.07, 6.45) is 2.37. The van der Waals surface area contributed by atoms with Gasteiger partial charge < -0.3 is 15.1 Å². The molecule has 2 fully saturated rings. The Morgan fingerprint density at radius 1 is 1.07 bits per heavy atom. The molecule has 2 aliphatic rings. The molecule has 0 radical (unpaired) electrons. The second-order valence-electron chi connectivity index (χ2n) is 8.50. The molecule has 2 atom stereocenters. The number of hydrogen-bond acceptors (Lipinski definition) is 3. The van der Waals surface area contributed by atoms with Gasteiger partial charge in [-0.2, -0.15) is 0 Å². The number of rotatable bonds is 6. The Morgan fingerprint density at radius 3 is 2.43 bits per heavy atom. The quantitative estimate of drug-likeness (QED) is 0.575. The third kappa shape index (κ3) is 5.97. The summed E-state index contributed by atoms with van der Waals surface area (Å²) < 4.78 is 0. The highest BCUT2D eigenvalue weighted by Gasteiger charge is 2.30. The van der Waals surface area contributed by atoms with Crippen LogP contribution in [0, 0.1) is 5.92 Å². The van der Waals surface area contributed by atoms with Crippen LogP contribution in [0.15, 0.2) is 35.3 Å². The second-order valence-corrected chi connectivity index (χ2v) is 8.50. The fourth-order valence-electron chi connectivity index (χ4n) is 4.79. The number of hydrogen-bond donors (Lipinski definition) is 1. The van der Waals surface area contributed by atoms with Gasteiger partial charge in [-0.05, 0) is 30.7 Å². The van der Waals surface area contributed by atoms with E-state index in [9.17, 15) is 4.79 Å². The molecule has 2 aliphatic heterocycles. The van der Waals surface area contributed by atoms with E-state index in [4.69, 9.17) is 4.99 Å². The van der Waals surface area contributed by atoms with E-state index < -0.39 is 0 Å². The standard InChI is InChI=1S/C24H39N5O/c1-4-21-19-29(13-11-23(21)22-9-7-6-8-10-22)24(25-5-2)26-12-14-27-15-17-28(18-16-27)20(3)30/h6-10,21,23H,4-5,11-19H2,1-3H3,(H,25,26). The number of nitrogens with one attached hydrogen (secondary N) is 1. The van der Waals surface area contributed by atoms with Crippen molar-refractivity contribution in [3.63, 3.8) is 0 Å². The molecule has 1 amide bonds. The van der Waals surface area contributed by atoms with E-state index in [2.05, 4.69) is 59.3 Å². The molecule has 0 saturated carbocycles. The number of nitrogens with zero attached hydrogens (tertiary/aromatic N) is 4. The maximum atomic E-state index is 11.5. The first-order valence-corrected chi connectivity index (χ1v) is 11.7. The highest BCUT2D eigenvalue weighted by Crippen LogP contribution is 2.34. The lowest BCUT2D eigenvalue weighted by Gasteiger charge is -2.40. The lowest BCUT2D eigenvalue weighted by atomic mass is 9.79. The van der Waals surface area contributed by atoms with Crippen LogP contribution in [0.4, 0.5) is 0 Å². The number of amides is 1. The van der Waals surface area contributed by atoms with Crippen LogP contribution in [0.2, 0.25) is 0 Å². The van der Waals surface area contributed by atoms with Crippen LogP contribution in [-0.2, 0) is 4.79 Å². The van der Waals surface area contributed by atoms with Crippen molar-refractivity contribution >= 4 is 11.9 Å². The third-order valence-electron chi connectivity index (χ3n) is 6.62. The monoisotopic (exact) mass is 413 g/mol. The van der Waals surface area contributed by atoms with Crippen molar-refractivity contribution < 1.29 is 4.79 Å². The molecule has 166 valence electrons. The fourth-order valence-corrected chi connectivity index (χ4v) is 4.79. The van der Waals surface area contributed by atoms with E-state index in [1.165, 1.54) is 18.4 Å². The van der Waals surface area contributed by atoms with Crippen molar-refractivity contribution in [2.75, 3.05) is 58.9 Å². The molecule has 0 aliphatic carbocycles. The second kappa shape index (κ2) is 11.3. The van der Waals surface area contributed by atoms with Gasteiger partial charge in [0.1, 0.15) is 0 Å². The molecule has 2 saturated heterocycles. The van der Waals surface area contributed by atoms with Crippen molar-refractivity contribution in [1.82, 2.24) is 20.0 Å². The zero-order valence-electron chi connectivity index (χ0n) is 19.0. The first-order valence-electron chi connectivity index (χ1n) is 11.7. The summed E-state index contributed by atoms with van der Waals surface area (Å²) in [6, 6.07) is 11.0. The van der Waals surface area contributed by atoms with Crippen molar-refractivity contribution in [2.24, 2.45) is 10.9 Å². The molecule has 1 aromatic rings. The fraction of sp³-hybridized carbons (Fsp3) is 0.667. The van der Waals surface area contributed by atoms with E-state index in [-0.39, 0.29) is 5.91 Å². The maximum Gasteiger partial charge on any atom is 0.219 e. The largest absolute Gasteiger partial charge is 0.357 e. The molecule has 0 aromatic heterocycles. The zero-order valence-corrected chi connectivity index (χ0v) is 19.0. The Kier molecular flexibility index (Phi) is 8.55. The molecule has 3 rings (SSSR count). The Balaban J connectivity index is 1.55. The van der Waals surface area contributed by atoms with E-state index in [1.807, 2.05) is 4.90 Å². The smallest absolute Gasteiger partial charge is 0.219 e. The minimum absolute atomic E-state index is 0.187. The number of piperazine rings is 1. The Hall–Kier alpha value is -2.08. The van der Waals surface area contributed by atoms with E-state index in [0.717, 1.165) is 64.9 Å². The number of likely N-dealkylation sites (tertiary alicyclic amines) is 1. The van der Waals surface area contributed by atoms with Crippen LogP contribution in [0.25, 0.3) is 0 Å². The zero-order chi connectivity index (χ0) is 21.3. The topological polar surface area (TPSA) is 51.2 Å². The van der Waals surface area contributed by atoms with Gasteiger partial charge in [-0.15, -0.1) is 0 Å². The van der Waals surface area contributed by atoms with Gasteiger partial charge >= 0.3 is 0 Å². The van der Waals surface area contributed by atoms with Crippen LogP contribution < -0.4 is 5.32 Å². The normalized spacial score (nSPS) is 23.5. The molecule has 30 heavy (non-hydrogen) atoms. The van der Waals surface area contributed by atoms with Crippen molar-refractivity contribution in [3.05, 3.63) is 35.9 Å². The Bertz CT molecular complexity index is 684. The van der Waals surface area contributed by atoms with Gasteiger partial charge in [0.05, 0.1) is 6.54 Å². The molecule has 0 bridgehead atoms. The van der Waals surface area contributed by atoms with E-state index in [1.54, 1.807) is 6.92 Å². The summed E-state index contributed by atoms with van der Waals surface area (Å²) in [5, 5.41) is 3.52. The molecule has 2 unspecified atom stereocenters. The van der Waals surface area contributed by atoms with Gasteiger partial charge in [-0.1, -0.05) is 43.7 Å². The minimum Gasteiger partial charge on any atom is -0.357 e. The highest BCUT2D eigenvalue weighted by atomic mass is 16.2. The molecule has 6 heteroatoms. The number of aliphatic imine (C=N–C) groups is 1. The van der Waals surface area contributed by atoms with Crippen molar-refractivity contribution in [2.45, 2.75) is 39.5 Å². The van der Waals surface area contributed by atoms with Crippen LogP contribution in [0.1, 0.15) is 45.1 Å². The van der Waals surface area contributed by atoms with Crippen molar-refractivity contribution in [1.29, 1.82) is 0 Å². The highest BCUT2D eigenvalue weighted by molar-refractivity contribution is 5.80. The average molecular weight is 414 g/mol. The molecular weight excluding hydrogens is 374 g/mol.